The lowest BCUT2D eigenvalue weighted by Crippen LogP contribution is -2.65. The lowest BCUT2D eigenvalue weighted by atomic mass is 9.67. The lowest BCUT2D eigenvalue weighted by molar-refractivity contribution is -0.140. The summed E-state index contributed by atoms with van der Waals surface area (Å²) >= 11 is 0. The van der Waals surface area contributed by atoms with Crippen LogP contribution in [0.3, 0.4) is 0 Å². The Bertz CT molecular complexity index is 498. The number of ether oxygens (including phenoxy) is 2. The third-order valence-corrected chi connectivity index (χ3v) is 4.05. The Morgan fingerprint density at radius 1 is 1.45 bits per heavy atom. The van der Waals surface area contributed by atoms with Crippen LogP contribution in [0.15, 0.2) is 23.8 Å². The summed E-state index contributed by atoms with van der Waals surface area (Å²) in [5, 5.41) is 10.9. The van der Waals surface area contributed by atoms with Gasteiger partial charge in [-0.15, -0.1) is 0 Å². The van der Waals surface area contributed by atoms with Gasteiger partial charge in [0.05, 0.1) is 25.8 Å². The molecule has 6 nitrogen and oxygen atoms in total. The van der Waals surface area contributed by atoms with Crippen LogP contribution in [0.25, 0.3) is 0 Å². The van der Waals surface area contributed by atoms with Crippen LogP contribution in [0, 0.1) is 5.92 Å². The zero-order valence-electron chi connectivity index (χ0n) is 11.9. The Hall–Kier alpha value is -1.82. The fourth-order valence-corrected chi connectivity index (χ4v) is 3.08. The summed E-state index contributed by atoms with van der Waals surface area (Å²) in [6.07, 6.45) is 1.63. The van der Waals surface area contributed by atoms with Crippen LogP contribution < -0.4 is 0 Å². The minimum absolute atomic E-state index is 0.130. The second-order valence-electron chi connectivity index (χ2n) is 5.31. The molecule has 1 amide bonds. The highest BCUT2D eigenvalue weighted by molar-refractivity contribution is 5.92. The molecule has 2 heterocycles. The first-order valence-electron chi connectivity index (χ1n) is 6.38. The van der Waals surface area contributed by atoms with Gasteiger partial charge in [0.25, 0.3) is 0 Å². The summed E-state index contributed by atoms with van der Waals surface area (Å²) in [6.45, 7) is 5.90. The molecular formula is C14H19NO5. The van der Waals surface area contributed by atoms with E-state index in [0.29, 0.717) is 18.5 Å². The Kier molecular flexibility index (Phi) is 3.60. The van der Waals surface area contributed by atoms with Gasteiger partial charge in [-0.25, -0.2) is 9.59 Å². The van der Waals surface area contributed by atoms with E-state index < -0.39 is 23.7 Å². The molecule has 0 aromatic rings. The van der Waals surface area contributed by atoms with E-state index in [9.17, 15) is 14.7 Å². The molecule has 1 fully saturated rings. The van der Waals surface area contributed by atoms with Crippen molar-refractivity contribution in [1.82, 2.24) is 4.90 Å². The zero-order chi connectivity index (χ0) is 15.1. The smallest absolute Gasteiger partial charge is 0.410 e. The molecule has 0 saturated carbocycles. The van der Waals surface area contributed by atoms with E-state index >= 15 is 0 Å². The van der Waals surface area contributed by atoms with Gasteiger partial charge in [0.15, 0.2) is 0 Å². The van der Waals surface area contributed by atoms with E-state index in [1.54, 1.807) is 13.0 Å². The van der Waals surface area contributed by atoms with Crippen molar-refractivity contribution in [2.45, 2.75) is 25.0 Å². The van der Waals surface area contributed by atoms with Crippen LogP contribution >= 0.6 is 0 Å². The summed E-state index contributed by atoms with van der Waals surface area (Å²) in [7, 11) is 2.54. The van der Waals surface area contributed by atoms with E-state index in [-0.39, 0.29) is 11.5 Å². The molecule has 20 heavy (non-hydrogen) atoms. The molecule has 2 aliphatic heterocycles. The average Bonchev–Trinajstić information content (AvgIpc) is 2.44. The molecule has 1 saturated heterocycles. The van der Waals surface area contributed by atoms with Crippen molar-refractivity contribution in [3.63, 3.8) is 0 Å². The van der Waals surface area contributed by atoms with Crippen LogP contribution in [0.2, 0.25) is 0 Å². The molecule has 3 rings (SSSR count). The standard InChI is InChI=1S/C14H19NO5/c1-8(2)14(18)6-9-5-10(12(16)19-3)11(14)15(7-9)13(17)20-4/h5,9,11,18H,1,6-7H2,2-4H3/t9-,11+,14-/m1/s1. The van der Waals surface area contributed by atoms with E-state index in [0.717, 1.165) is 0 Å². The molecule has 1 N–H and O–H groups in total. The third kappa shape index (κ3) is 2.00. The second kappa shape index (κ2) is 4.94. The van der Waals surface area contributed by atoms with Crippen molar-refractivity contribution in [3.05, 3.63) is 23.8 Å². The van der Waals surface area contributed by atoms with Crippen LogP contribution in [-0.4, -0.2) is 54.5 Å². The number of carbonyl (C=O) groups excluding carboxylic acids is 2. The van der Waals surface area contributed by atoms with Crippen LogP contribution in [0.5, 0.6) is 0 Å². The first-order chi connectivity index (χ1) is 9.35. The van der Waals surface area contributed by atoms with Crippen molar-refractivity contribution in [2.75, 3.05) is 20.8 Å². The molecule has 0 spiro atoms. The van der Waals surface area contributed by atoms with Crippen molar-refractivity contribution in [1.29, 1.82) is 0 Å². The van der Waals surface area contributed by atoms with Crippen molar-refractivity contribution >= 4 is 12.1 Å². The van der Waals surface area contributed by atoms with E-state index in [1.165, 1.54) is 19.1 Å². The van der Waals surface area contributed by atoms with Gasteiger partial charge in [0.1, 0.15) is 5.60 Å². The number of hydrogen-bond donors (Lipinski definition) is 1. The summed E-state index contributed by atoms with van der Waals surface area (Å²) < 4.78 is 9.49. The second-order valence-corrected chi connectivity index (χ2v) is 5.31. The van der Waals surface area contributed by atoms with Gasteiger partial charge < -0.3 is 14.6 Å². The lowest BCUT2D eigenvalue weighted by Gasteiger charge is -2.52. The predicted octanol–water partition coefficient (Wildman–Crippen LogP) is 0.863. The number of hydrogen-bond acceptors (Lipinski definition) is 5. The molecule has 1 aliphatic carbocycles. The maximum absolute atomic E-state index is 11.9. The normalized spacial score (nSPS) is 31.6. The van der Waals surface area contributed by atoms with Crippen LogP contribution in [0.4, 0.5) is 4.79 Å². The summed E-state index contributed by atoms with van der Waals surface area (Å²) in [4.78, 5) is 25.2. The molecule has 6 heteroatoms. The number of nitrogens with zero attached hydrogens (tertiary/aromatic N) is 1. The molecule has 0 aromatic heterocycles. The number of esters is 1. The topological polar surface area (TPSA) is 76.1 Å². The quantitative estimate of drug-likeness (QED) is 0.600. The van der Waals surface area contributed by atoms with E-state index in [1.807, 2.05) is 0 Å². The largest absolute Gasteiger partial charge is 0.466 e. The van der Waals surface area contributed by atoms with E-state index in [2.05, 4.69) is 6.58 Å². The molecule has 3 aliphatic rings. The number of carbonyl (C=O) groups is 2. The molecule has 110 valence electrons. The van der Waals surface area contributed by atoms with E-state index in [4.69, 9.17) is 9.47 Å². The maximum atomic E-state index is 11.9. The number of piperidine rings is 1. The predicted molar refractivity (Wildman–Crippen MR) is 70.9 cm³/mol. The Balaban J connectivity index is 2.50. The summed E-state index contributed by atoms with van der Waals surface area (Å²) in [5.74, 6) is -0.678. The van der Waals surface area contributed by atoms with Gasteiger partial charge in [0, 0.05) is 6.54 Å². The first-order valence-corrected chi connectivity index (χ1v) is 6.38. The third-order valence-electron chi connectivity index (χ3n) is 4.05. The monoisotopic (exact) mass is 281 g/mol. The zero-order valence-corrected chi connectivity index (χ0v) is 11.9. The van der Waals surface area contributed by atoms with Gasteiger partial charge in [0.2, 0.25) is 0 Å². The SMILES string of the molecule is C=C(C)[C@]1(O)C[C@H]2C=C(C(=O)OC)[C@@H]1N(C(=O)OC)C2. The molecule has 0 aromatic carbocycles. The Morgan fingerprint density at radius 3 is 2.60 bits per heavy atom. The number of fused-ring (bicyclic) bond motifs is 2. The van der Waals surface area contributed by atoms with Crippen LogP contribution in [0.1, 0.15) is 13.3 Å². The van der Waals surface area contributed by atoms with Crippen molar-refractivity contribution < 1.29 is 24.2 Å². The Morgan fingerprint density at radius 2 is 2.10 bits per heavy atom. The van der Waals surface area contributed by atoms with Gasteiger partial charge >= 0.3 is 12.1 Å². The van der Waals surface area contributed by atoms with Crippen molar-refractivity contribution in [2.24, 2.45) is 5.92 Å². The average molecular weight is 281 g/mol. The molecule has 0 radical (unpaired) electrons. The number of methoxy groups -OCH3 is 2. The molecule has 2 bridgehead atoms. The first kappa shape index (κ1) is 14.6. The molecule has 3 atom stereocenters. The number of amides is 1. The number of rotatable bonds is 2. The Labute approximate surface area is 117 Å². The van der Waals surface area contributed by atoms with Gasteiger partial charge in [-0.3, -0.25) is 4.90 Å². The van der Waals surface area contributed by atoms with Gasteiger partial charge in [-0.1, -0.05) is 12.7 Å². The maximum Gasteiger partial charge on any atom is 0.410 e. The van der Waals surface area contributed by atoms with Gasteiger partial charge in [-0.2, -0.15) is 0 Å². The summed E-state index contributed by atoms with van der Waals surface area (Å²) in [5.41, 5.74) is -0.545. The fraction of sp³-hybridized carbons (Fsp3) is 0.571. The minimum atomic E-state index is -1.34. The van der Waals surface area contributed by atoms with Crippen molar-refractivity contribution in [3.8, 4) is 0 Å². The molecule has 0 unspecified atom stereocenters. The number of aliphatic hydroxyl groups is 1. The van der Waals surface area contributed by atoms with Crippen LogP contribution in [-0.2, 0) is 14.3 Å². The highest BCUT2D eigenvalue weighted by Gasteiger charge is 2.55. The minimum Gasteiger partial charge on any atom is -0.466 e. The highest BCUT2D eigenvalue weighted by atomic mass is 16.5. The fourth-order valence-electron chi connectivity index (χ4n) is 3.08. The highest BCUT2D eigenvalue weighted by Crippen LogP contribution is 2.44. The van der Waals surface area contributed by atoms with Gasteiger partial charge in [-0.05, 0) is 24.8 Å². The molecular weight excluding hydrogens is 262 g/mol. The summed E-state index contributed by atoms with van der Waals surface area (Å²) in [6, 6.07) is -0.815.